The Morgan fingerprint density at radius 2 is 2.32 bits per heavy atom. The highest BCUT2D eigenvalue weighted by Gasteiger charge is 2.19. The molecule has 2 atom stereocenters. The first-order valence-electron chi connectivity index (χ1n) is 7.31. The van der Waals surface area contributed by atoms with Crippen LogP contribution in [0.2, 0.25) is 0 Å². The van der Waals surface area contributed by atoms with Gasteiger partial charge in [-0.3, -0.25) is 0 Å². The van der Waals surface area contributed by atoms with E-state index in [9.17, 15) is 4.39 Å². The first kappa shape index (κ1) is 14.5. The van der Waals surface area contributed by atoms with Crippen LogP contribution in [0, 0.1) is 12.7 Å². The molecule has 1 aliphatic heterocycles. The van der Waals surface area contributed by atoms with Gasteiger partial charge in [0.05, 0.1) is 6.10 Å². The van der Waals surface area contributed by atoms with Crippen LogP contribution in [-0.4, -0.2) is 19.3 Å². The largest absolute Gasteiger partial charge is 0.378 e. The molecule has 1 saturated heterocycles. The summed E-state index contributed by atoms with van der Waals surface area (Å²) in [6.07, 6.45) is 4.91. The van der Waals surface area contributed by atoms with E-state index in [0.717, 1.165) is 31.6 Å². The third-order valence-electron chi connectivity index (χ3n) is 3.86. The molecule has 0 spiro atoms. The highest BCUT2D eigenvalue weighted by atomic mass is 19.1. The number of halogens is 1. The molecule has 2 unspecified atom stereocenters. The molecule has 0 bridgehead atoms. The van der Waals surface area contributed by atoms with Crippen LogP contribution in [0.25, 0.3) is 0 Å². The maximum absolute atomic E-state index is 13.2. The van der Waals surface area contributed by atoms with Crippen molar-refractivity contribution < 1.29 is 9.13 Å². The molecule has 2 rings (SSSR count). The van der Waals surface area contributed by atoms with Crippen molar-refractivity contribution in [3.05, 3.63) is 35.1 Å². The van der Waals surface area contributed by atoms with Gasteiger partial charge >= 0.3 is 0 Å². The number of aryl methyl sites for hydroxylation is 1. The summed E-state index contributed by atoms with van der Waals surface area (Å²) in [4.78, 5) is 0. The molecule has 3 heteroatoms. The molecule has 1 aromatic rings. The zero-order valence-electron chi connectivity index (χ0n) is 11.9. The molecule has 1 aliphatic rings. The minimum absolute atomic E-state index is 0.157. The average molecular weight is 265 g/mol. The smallest absolute Gasteiger partial charge is 0.123 e. The Hall–Kier alpha value is -0.930. The van der Waals surface area contributed by atoms with E-state index in [1.165, 1.54) is 18.4 Å². The van der Waals surface area contributed by atoms with E-state index >= 15 is 0 Å². The average Bonchev–Trinajstić information content (AvgIpc) is 2.88. The molecule has 1 N–H and O–H groups in total. The number of rotatable bonds is 6. The van der Waals surface area contributed by atoms with Crippen molar-refractivity contribution in [2.45, 2.75) is 51.7 Å². The molecular formula is C16H24FNO. The Bertz CT molecular complexity index is 402. The number of ether oxygens (including phenoxy) is 1. The van der Waals surface area contributed by atoms with Crippen LogP contribution >= 0.6 is 0 Å². The summed E-state index contributed by atoms with van der Waals surface area (Å²) >= 11 is 0. The molecule has 1 aromatic carbocycles. The summed E-state index contributed by atoms with van der Waals surface area (Å²) in [7, 11) is 0. The van der Waals surface area contributed by atoms with Crippen molar-refractivity contribution in [2.75, 3.05) is 13.2 Å². The molecule has 0 aromatic heterocycles. The normalized spacial score (nSPS) is 20.7. The van der Waals surface area contributed by atoms with E-state index in [1.54, 1.807) is 12.1 Å². The molecule has 19 heavy (non-hydrogen) atoms. The topological polar surface area (TPSA) is 21.3 Å². The van der Waals surface area contributed by atoms with Gasteiger partial charge in [-0.1, -0.05) is 13.0 Å². The molecule has 0 radical (unpaired) electrons. The third kappa shape index (κ3) is 4.02. The van der Waals surface area contributed by atoms with Gasteiger partial charge in [0, 0.05) is 12.6 Å². The van der Waals surface area contributed by atoms with Gasteiger partial charge in [-0.2, -0.15) is 0 Å². The van der Waals surface area contributed by atoms with Crippen molar-refractivity contribution >= 4 is 0 Å². The lowest BCUT2D eigenvalue weighted by atomic mass is 9.95. The molecule has 0 amide bonds. The minimum Gasteiger partial charge on any atom is -0.378 e. The zero-order chi connectivity index (χ0) is 13.7. The van der Waals surface area contributed by atoms with Gasteiger partial charge in [0.15, 0.2) is 0 Å². The Labute approximate surface area is 115 Å². The number of benzene rings is 1. The standard InChI is InChI=1S/C16H24FNO/c1-3-18-16(9-7-14-5-4-10-19-14)15-8-6-13(17)11-12(15)2/h6,8,11,14,16,18H,3-5,7,9-10H2,1-2H3. The summed E-state index contributed by atoms with van der Waals surface area (Å²) in [5.41, 5.74) is 2.24. The maximum Gasteiger partial charge on any atom is 0.123 e. The number of hydrogen-bond donors (Lipinski definition) is 1. The van der Waals surface area contributed by atoms with Gasteiger partial charge in [0.25, 0.3) is 0 Å². The molecule has 106 valence electrons. The van der Waals surface area contributed by atoms with Crippen LogP contribution < -0.4 is 5.32 Å². The second kappa shape index (κ2) is 7.01. The maximum atomic E-state index is 13.2. The first-order chi connectivity index (χ1) is 9.20. The van der Waals surface area contributed by atoms with Gasteiger partial charge in [0.2, 0.25) is 0 Å². The fraction of sp³-hybridized carbons (Fsp3) is 0.625. The van der Waals surface area contributed by atoms with Gasteiger partial charge < -0.3 is 10.1 Å². The van der Waals surface area contributed by atoms with Gasteiger partial charge in [-0.25, -0.2) is 4.39 Å². The van der Waals surface area contributed by atoms with Gasteiger partial charge in [0.1, 0.15) is 5.82 Å². The minimum atomic E-state index is -0.157. The summed E-state index contributed by atoms with van der Waals surface area (Å²) in [6, 6.07) is 5.38. The van der Waals surface area contributed by atoms with Crippen LogP contribution in [0.15, 0.2) is 18.2 Å². The summed E-state index contributed by atoms with van der Waals surface area (Å²) in [5.74, 6) is -0.157. The molecule has 1 fully saturated rings. The second-order valence-electron chi connectivity index (χ2n) is 5.32. The van der Waals surface area contributed by atoms with Crippen LogP contribution in [0.1, 0.15) is 49.8 Å². The highest BCUT2D eigenvalue weighted by molar-refractivity contribution is 5.29. The highest BCUT2D eigenvalue weighted by Crippen LogP contribution is 2.26. The Morgan fingerprint density at radius 1 is 1.47 bits per heavy atom. The first-order valence-corrected chi connectivity index (χ1v) is 7.31. The fourth-order valence-corrected chi connectivity index (χ4v) is 2.87. The number of nitrogens with one attached hydrogen (secondary N) is 1. The second-order valence-corrected chi connectivity index (χ2v) is 5.32. The van der Waals surface area contributed by atoms with E-state index in [-0.39, 0.29) is 5.82 Å². The summed E-state index contributed by atoms with van der Waals surface area (Å²) < 4.78 is 18.9. The fourth-order valence-electron chi connectivity index (χ4n) is 2.87. The van der Waals surface area contributed by atoms with E-state index in [4.69, 9.17) is 4.74 Å². The monoisotopic (exact) mass is 265 g/mol. The molecule has 0 saturated carbocycles. The predicted molar refractivity (Wildman–Crippen MR) is 75.8 cm³/mol. The van der Waals surface area contributed by atoms with Gasteiger partial charge in [-0.15, -0.1) is 0 Å². The van der Waals surface area contributed by atoms with Crippen LogP contribution in [-0.2, 0) is 4.74 Å². The molecule has 1 heterocycles. The van der Waals surface area contributed by atoms with E-state index in [2.05, 4.69) is 12.2 Å². The molecule has 2 nitrogen and oxygen atoms in total. The number of hydrogen-bond acceptors (Lipinski definition) is 2. The lowest BCUT2D eigenvalue weighted by molar-refractivity contribution is 0.0996. The van der Waals surface area contributed by atoms with Gasteiger partial charge in [-0.05, 0) is 62.4 Å². The SMILES string of the molecule is CCNC(CCC1CCCO1)c1ccc(F)cc1C. The summed E-state index contributed by atoms with van der Waals surface area (Å²) in [6.45, 7) is 5.92. The van der Waals surface area contributed by atoms with Crippen LogP contribution in [0.5, 0.6) is 0 Å². The molecule has 0 aliphatic carbocycles. The van der Waals surface area contributed by atoms with Crippen molar-refractivity contribution in [1.82, 2.24) is 5.32 Å². The van der Waals surface area contributed by atoms with E-state index in [0.29, 0.717) is 12.1 Å². The Balaban J connectivity index is 2.01. The third-order valence-corrected chi connectivity index (χ3v) is 3.86. The summed E-state index contributed by atoms with van der Waals surface area (Å²) in [5, 5.41) is 3.51. The lowest BCUT2D eigenvalue weighted by Gasteiger charge is -2.22. The van der Waals surface area contributed by atoms with E-state index < -0.39 is 0 Å². The van der Waals surface area contributed by atoms with E-state index in [1.807, 2.05) is 13.0 Å². The van der Waals surface area contributed by atoms with Crippen molar-refractivity contribution in [3.63, 3.8) is 0 Å². The van der Waals surface area contributed by atoms with Crippen molar-refractivity contribution in [1.29, 1.82) is 0 Å². The van der Waals surface area contributed by atoms with Crippen molar-refractivity contribution in [2.24, 2.45) is 0 Å². The zero-order valence-corrected chi connectivity index (χ0v) is 11.9. The van der Waals surface area contributed by atoms with Crippen LogP contribution in [0.3, 0.4) is 0 Å². The Kier molecular flexibility index (Phi) is 5.34. The Morgan fingerprint density at radius 3 is 2.95 bits per heavy atom. The van der Waals surface area contributed by atoms with Crippen molar-refractivity contribution in [3.8, 4) is 0 Å². The predicted octanol–water partition coefficient (Wildman–Crippen LogP) is 3.74. The lowest BCUT2D eigenvalue weighted by Crippen LogP contribution is -2.23. The quantitative estimate of drug-likeness (QED) is 0.846. The van der Waals surface area contributed by atoms with Crippen LogP contribution in [0.4, 0.5) is 4.39 Å². The molecular weight excluding hydrogens is 241 g/mol.